The van der Waals surface area contributed by atoms with Crippen LogP contribution >= 0.6 is 0 Å². The van der Waals surface area contributed by atoms with Gasteiger partial charge in [0.2, 0.25) is 10.0 Å². The summed E-state index contributed by atoms with van der Waals surface area (Å²) in [6.07, 6.45) is 1.44. The summed E-state index contributed by atoms with van der Waals surface area (Å²) in [5, 5.41) is 11.7. The molecule has 0 aromatic heterocycles. The number of carboxylic acids is 1. The second kappa shape index (κ2) is 5.60. The van der Waals surface area contributed by atoms with E-state index in [0.717, 1.165) is 13.0 Å². The van der Waals surface area contributed by atoms with Gasteiger partial charge in [-0.05, 0) is 19.4 Å². The monoisotopic (exact) mass is 250 g/mol. The van der Waals surface area contributed by atoms with Crippen molar-refractivity contribution in [2.24, 2.45) is 0 Å². The van der Waals surface area contributed by atoms with Crippen molar-refractivity contribution in [2.75, 3.05) is 25.4 Å². The lowest BCUT2D eigenvalue weighted by atomic mass is 10.2. The maximum Gasteiger partial charge on any atom is 0.320 e. The number of rotatable bonds is 6. The average molecular weight is 250 g/mol. The Morgan fingerprint density at radius 1 is 1.56 bits per heavy atom. The first-order valence-corrected chi connectivity index (χ1v) is 7.00. The number of hydrogen-bond acceptors (Lipinski definition) is 4. The van der Waals surface area contributed by atoms with E-state index in [1.807, 2.05) is 6.92 Å². The van der Waals surface area contributed by atoms with Crippen LogP contribution in [0.2, 0.25) is 0 Å². The van der Waals surface area contributed by atoms with Gasteiger partial charge < -0.3 is 10.4 Å². The highest BCUT2D eigenvalue weighted by atomic mass is 32.2. The Labute approximate surface area is 95.7 Å². The number of carbonyl (C=O) groups is 1. The number of sulfonamides is 1. The predicted molar refractivity (Wildman–Crippen MR) is 59.7 cm³/mol. The molecule has 16 heavy (non-hydrogen) atoms. The molecule has 0 spiro atoms. The Kier molecular flexibility index (Phi) is 4.69. The van der Waals surface area contributed by atoms with Crippen LogP contribution in [-0.2, 0) is 14.8 Å². The van der Waals surface area contributed by atoms with E-state index in [0.29, 0.717) is 19.5 Å². The highest BCUT2D eigenvalue weighted by molar-refractivity contribution is 7.89. The number of hydrogen-bond donors (Lipinski definition) is 2. The highest BCUT2D eigenvalue weighted by Gasteiger charge is 2.32. The molecule has 0 amide bonds. The molecule has 1 atom stereocenters. The average Bonchev–Trinajstić information content (AvgIpc) is 2.64. The van der Waals surface area contributed by atoms with E-state index in [-0.39, 0.29) is 6.04 Å². The summed E-state index contributed by atoms with van der Waals surface area (Å²) in [5.41, 5.74) is 0. The van der Waals surface area contributed by atoms with Crippen LogP contribution in [0.4, 0.5) is 0 Å². The molecule has 0 bridgehead atoms. The van der Waals surface area contributed by atoms with Gasteiger partial charge in [-0.3, -0.25) is 4.79 Å². The molecular weight excluding hydrogens is 232 g/mol. The van der Waals surface area contributed by atoms with Crippen molar-refractivity contribution in [3.8, 4) is 0 Å². The minimum Gasteiger partial charge on any atom is -0.480 e. The van der Waals surface area contributed by atoms with E-state index in [4.69, 9.17) is 5.11 Å². The van der Waals surface area contributed by atoms with Gasteiger partial charge in [0.05, 0.1) is 0 Å². The molecule has 0 aromatic rings. The first-order chi connectivity index (χ1) is 7.47. The van der Waals surface area contributed by atoms with E-state index in [9.17, 15) is 13.2 Å². The molecule has 1 unspecified atom stereocenters. The molecule has 1 rings (SSSR count). The van der Waals surface area contributed by atoms with E-state index in [1.165, 1.54) is 4.31 Å². The lowest BCUT2D eigenvalue weighted by Gasteiger charge is -2.26. The molecule has 6 nitrogen and oxygen atoms in total. The number of nitrogens with one attached hydrogen (secondary N) is 1. The zero-order chi connectivity index (χ0) is 12.2. The SMILES string of the molecule is CCCN(C1CCNC1)S(=O)(=O)CC(=O)O. The molecule has 7 heteroatoms. The Morgan fingerprint density at radius 3 is 2.69 bits per heavy atom. The van der Waals surface area contributed by atoms with Gasteiger partial charge in [-0.15, -0.1) is 0 Å². The molecule has 2 N–H and O–H groups in total. The summed E-state index contributed by atoms with van der Waals surface area (Å²) < 4.78 is 25.0. The Morgan fingerprint density at radius 2 is 2.25 bits per heavy atom. The minimum atomic E-state index is -3.67. The number of nitrogens with zero attached hydrogens (tertiary/aromatic N) is 1. The standard InChI is InChI=1S/C9H18N2O4S/c1-2-5-11(8-3-4-10-6-8)16(14,15)7-9(12)13/h8,10H,2-7H2,1H3,(H,12,13). The van der Waals surface area contributed by atoms with Gasteiger partial charge in [0.1, 0.15) is 0 Å². The Balaban J connectivity index is 2.78. The summed E-state index contributed by atoms with van der Waals surface area (Å²) >= 11 is 0. The third-order valence-corrected chi connectivity index (χ3v) is 4.36. The zero-order valence-electron chi connectivity index (χ0n) is 9.35. The molecule has 1 heterocycles. The Bertz CT molecular complexity index is 335. The molecule has 0 saturated carbocycles. The molecule has 1 aliphatic rings. The summed E-state index contributed by atoms with van der Waals surface area (Å²) in [6, 6.07) is -0.0932. The minimum absolute atomic E-state index is 0.0932. The van der Waals surface area contributed by atoms with Crippen LogP contribution in [0.3, 0.4) is 0 Å². The van der Waals surface area contributed by atoms with Gasteiger partial charge in [0, 0.05) is 19.1 Å². The molecule has 1 fully saturated rings. The van der Waals surface area contributed by atoms with Crippen molar-refractivity contribution >= 4 is 16.0 Å². The molecule has 1 aliphatic heterocycles. The fourth-order valence-corrected chi connectivity index (χ4v) is 3.47. The van der Waals surface area contributed by atoms with Crippen LogP contribution < -0.4 is 5.32 Å². The fourth-order valence-electron chi connectivity index (χ4n) is 1.89. The van der Waals surface area contributed by atoms with Crippen LogP contribution in [0.1, 0.15) is 19.8 Å². The first kappa shape index (κ1) is 13.4. The Hall–Kier alpha value is -0.660. The van der Waals surface area contributed by atoms with E-state index < -0.39 is 21.7 Å². The van der Waals surface area contributed by atoms with Crippen LogP contribution in [0.15, 0.2) is 0 Å². The van der Waals surface area contributed by atoms with Gasteiger partial charge in [-0.2, -0.15) is 4.31 Å². The van der Waals surface area contributed by atoms with Crippen LogP contribution in [-0.4, -0.2) is 55.2 Å². The molecule has 0 aliphatic carbocycles. The molecule has 1 saturated heterocycles. The second-order valence-electron chi connectivity index (χ2n) is 3.91. The predicted octanol–water partition coefficient (Wildman–Crippen LogP) is -0.525. The summed E-state index contributed by atoms with van der Waals surface area (Å²) in [6.45, 7) is 3.67. The largest absolute Gasteiger partial charge is 0.480 e. The van der Waals surface area contributed by atoms with Gasteiger partial charge in [-0.25, -0.2) is 8.42 Å². The van der Waals surface area contributed by atoms with Crippen molar-refractivity contribution in [1.82, 2.24) is 9.62 Å². The maximum absolute atomic E-state index is 11.8. The number of aliphatic carboxylic acids is 1. The zero-order valence-corrected chi connectivity index (χ0v) is 10.2. The van der Waals surface area contributed by atoms with Gasteiger partial charge in [0.25, 0.3) is 0 Å². The summed E-state index contributed by atoms with van der Waals surface area (Å²) in [4.78, 5) is 10.5. The normalized spacial score (nSPS) is 21.5. The van der Waals surface area contributed by atoms with Gasteiger partial charge in [-0.1, -0.05) is 6.92 Å². The van der Waals surface area contributed by atoms with Crippen molar-refractivity contribution in [1.29, 1.82) is 0 Å². The lowest BCUT2D eigenvalue weighted by molar-refractivity contribution is -0.134. The topological polar surface area (TPSA) is 86.7 Å². The van der Waals surface area contributed by atoms with Crippen LogP contribution in [0.25, 0.3) is 0 Å². The van der Waals surface area contributed by atoms with Gasteiger partial charge >= 0.3 is 5.97 Å². The smallest absolute Gasteiger partial charge is 0.320 e. The highest BCUT2D eigenvalue weighted by Crippen LogP contribution is 2.14. The first-order valence-electron chi connectivity index (χ1n) is 5.39. The van der Waals surface area contributed by atoms with E-state index in [2.05, 4.69) is 5.32 Å². The summed E-state index contributed by atoms with van der Waals surface area (Å²) in [7, 11) is -3.67. The fraction of sp³-hybridized carbons (Fsp3) is 0.889. The molecule has 0 aromatic carbocycles. The van der Waals surface area contributed by atoms with E-state index in [1.54, 1.807) is 0 Å². The molecule has 94 valence electrons. The summed E-state index contributed by atoms with van der Waals surface area (Å²) in [5.74, 6) is -2.11. The second-order valence-corrected chi connectivity index (χ2v) is 5.83. The van der Waals surface area contributed by atoms with Crippen molar-refractivity contribution in [3.05, 3.63) is 0 Å². The quantitative estimate of drug-likeness (QED) is 0.662. The molecular formula is C9H18N2O4S. The van der Waals surface area contributed by atoms with Gasteiger partial charge in [0.15, 0.2) is 5.75 Å². The lowest BCUT2D eigenvalue weighted by Crippen LogP contribution is -2.44. The third kappa shape index (κ3) is 3.43. The third-order valence-electron chi connectivity index (χ3n) is 2.55. The van der Waals surface area contributed by atoms with E-state index >= 15 is 0 Å². The van der Waals surface area contributed by atoms with Crippen LogP contribution in [0, 0.1) is 0 Å². The number of carboxylic acid groups (broad SMARTS) is 1. The molecule has 0 radical (unpaired) electrons. The van der Waals surface area contributed by atoms with Crippen LogP contribution in [0.5, 0.6) is 0 Å². The van der Waals surface area contributed by atoms with Crippen molar-refractivity contribution < 1.29 is 18.3 Å². The van der Waals surface area contributed by atoms with Crippen molar-refractivity contribution in [2.45, 2.75) is 25.8 Å². The maximum atomic E-state index is 11.8. The van der Waals surface area contributed by atoms with Crippen molar-refractivity contribution in [3.63, 3.8) is 0 Å².